The first-order valence-electron chi connectivity index (χ1n) is 4.94. The lowest BCUT2D eigenvalue weighted by molar-refractivity contribution is -0.127. The number of rotatable bonds is 4. The zero-order valence-electron chi connectivity index (χ0n) is 9.22. The quantitative estimate of drug-likeness (QED) is 0.684. The molecule has 14 heavy (non-hydrogen) atoms. The number of amides is 1. The number of nitrogens with one attached hydrogen (secondary N) is 1. The summed E-state index contributed by atoms with van der Waals surface area (Å²) in [5.41, 5.74) is 5.44. The van der Waals surface area contributed by atoms with Crippen molar-refractivity contribution in [3.8, 4) is 0 Å². The molecular formula is C10H20N2O2. The SMILES string of the molecule is CC(C)(N)CC(=O)NCC1(C)COC1. The fourth-order valence-electron chi connectivity index (χ4n) is 1.34. The molecule has 0 aliphatic carbocycles. The Hall–Kier alpha value is -0.610. The monoisotopic (exact) mass is 200 g/mol. The number of carbonyl (C=O) groups excluding carboxylic acids is 1. The van der Waals surface area contributed by atoms with Crippen LogP contribution in [0, 0.1) is 5.41 Å². The van der Waals surface area contributed by atoms with E-state index in [2.05, 4.69) is 12.2 Å². The number of hydrogen-bond donors (Lipinski definition) is 2. The molecule has 1 rings (SSSR count). The van der Waals surface area contributed by atoms with Gasteiger partial charge in [0.1, 0.15) is 0 Å². The van der Waals surface area contributed by atoms with Gasteiger partial charge >= 0.3 is 0 Å². The molecule has 4 nitrogen and oxygen atoms in total. The number of ether oxygens (including phenoxy) is 1. The third kappa shape index (κ3) is 3.64. The van der Waals surface area contributed by atoms with Crippen molar-refractivity contribution in [2.75, 3.05) is 19.8 Å². The summed E-state index contributed by atoms with van der Waals surface area (Å²) < 4.78 is 5.10. The van der Waals surface area contributed by atoms with Crippen molar-refractivity contribution in [1.29, 1.82) is 0 Å². The van der Waals surface area contributed by atoms with E-state index in [1.165, 1.54) is 0 Å². The molecule has 0 aromatic rings. The van der Waals surface area contributed by atoms with E-state index in [0.29, 0.717) is 13.0 Å². The van der Waals surface area contributed by atoms with Gasteiger partial charge in [-0.25, -0.2) is 0 Å². The van der Waals surface area contributed by atoms with Crippen LogP contribution in [0.2, 0.25) is 0 Å². The smallest absolute Gasteiger partial charge is 0.221 e. The third-order valence-corrected chi connectivity index (χ3v) is 2.23. The minimum atomic E-state index is -0.429. The predicted octanol–water partition coefficient (Wildman–Crippen LogP) is 0.267. The van der Waals surface area contributed by atoms with Crippen LogP contribution < -0.4 is 11.1 Å². The predicted molar refractivity (Wildman–Crippen MR) is 54.8 cm³/mol. The van der Waals surface area contributed by atoms with E-state index in [1.54, 1.807) is 0 Å². The molecular weight excluding hydrogens is 180 g/mol. The average Bonchev–Trinajstić information content (AvgIpc) is 1.94. The summed E-state index contributed by atoms with van der Waals surface area (Å²) in [4.78, 5) is 11.4. The molecule has 0 spiro atoms. The largest absolute Gasteiger partial charge is 0.380 e. The van der Waals surface area contributed by atoms with E-state index in [-0.39, 0.29) is 11.3 Å². The van der Waals surface area contributed by atoms with Crippen LogP contribution in [0.15, 0.2) is 0 Å². The Morgan fingerprint density at radius 3 is 2.50 bits per heavy atom. The van der Waals surface area contributed by atoms with Gasteiger partial charge in [0.25, 0.3) is 0 Å². The molecule has 3 N–H and O–H groups in total. The molecule has 0 aromatic carbocycles. The van der Waals surface area contributed by atoms with E-state index in [9.17, 15) is 4.79 Å². The Kier molecular flexibility index (Phi) is 3.17. The zero-order valence-corrected chi connectivity index (χ0v) is 9.22. The molecule has 0 saturated carbocycles. The van der Waals surface area contributed by atoms with Crippen LogP contribution in [-0.2, 0) is 9.53 Å². The fraction of sp³-hybridized carbons (Fsp3) is 0.900. The number of carbonyl (C=O) groups is 1. The maximum Gasteiger partial charge on any atom is 0.221 e. The van der Waals surface area contributed by atoms with E-state index < -0.39 is 5.54 Å². The maximum absolute atomic E-state index is 11.4. The summed E-state index contributed by atoms with van der Waals surface area (Å²) in [6, 6.07) is 0. The van der Waals surface area contributed by atoms with Gasteiger partial charge in [-0.15, -0.1) is 0 Å². The number of nitrogens with two attached hydrogens (primary N) is 1. The first-order chi connectivity index (χ1) is 6.31. The molecule has 0 aromatic heterocycles. The Morgan fingerprint density at radius 2 is 2.14 bits per heavy atom. The van der Waals surface area contributed by atoms with Gasteiger partial charge in [-0.05, 0) is 13.8 Å². The van der Waals surface area contributed by atoms with E-state index in [0.717, 1.165) is 13.2 Å². The third-order valence-electron chi connectivity index (χ3n) is 2.23. The summed E-state index contributed by atoms with van der Waals surface area (Å²) in [5.74, 6) is 0.0191. The van der Waals surface area contributed by atoms with Crippen LogP contribution in [0.1, 0.15) is 27.2 Å². The summed E-state index contributed by atoms with van der Waals surface area (Å²) in [7, 11) is 0. The van der Waals surface area contributed by atoms with Crippen molar-refractivity contribution in [1.82, 2.24) is 5.32 Å². The van der Waals surface area contributed by atoms with Gasteiger partial charge in [-0.3, -0.25) is 4.79 Å². The standard InChI is InChI=1S/C10H20N2O2/c1-9(2,11)4-8(13)12-5-10(3)6-14-7-10/h4-7,11H2,1-3H3,(H,12,13). The van der Waals surface area contributed by atoms with Crippen molar-refractivity contribution in [3.63, 3.8) is 0 Å². The van der Waals surface area contributed by atoms with Crippen molar-refractivity contribution >= 4 is 5.91 Å². The highest BCUT2D eigenvalue weighted by atomic mass is 16.5. The summed E-state index contributed by atoms with van der Waals surface area (Å²) in [6.07, 6.45) is 0.365. The zero-order chi connectivity index (χ0) is 10.8. The Morgan fingerprint density at radius 1 is 1.57 bits per heavy atom. The molecule has 0 atom stereocenters. The lowest BCUT2D eigenvalue weighted by Crippen LogP contribution is -2.49. The van der Waals surface area contributed by atoms with Crippen LogP contribution in [0.3, 0.4) is 0 Å². The Balaban J connectivity index is 2.21. The van der Waals surface area contributed by atoms with Gasteiger partial charge in [0.2, 0.25) is 5.91 Å². The van der Waals surface area contributed by atoms with Crippen LogP contribution in [-0.4, -0.2) is 31.2 Å². The molecule has 0 unspecified atom stereocenters. The summed E-state index contributed by atoms with van der Waals surface area (Å²) >= 11 is 0. The average molecular weight is 200 g/mol. The molecule has 4 heteroatoms. The van der Waals surface area contributed by atoms with Crippen molar-refractivity contribution in [2.24, 2.45) is 11.1 Å². The molecule has 82 valence electrons. The highest BCUT2D eigenvalue weighted by Gasteiger charge is 2.33. The second kappa shape index (κ2) is 3.87. The summed E-state index contributed by atoms with van der Waals surface area (Å²) in [6.45, 7) is 7.95. The minimum Gasteiger partial charge on any atom is -0.380 e. The Bertz CT molecular complexity index is 217. The highest BCUT2D eigenvalue weighted by Crippen LogP contribution is 2.25. The first kappa shape index (κ1) is 11.5. The van der Waals surface area contributed by atoms with Gasteiger partial charge in [0, 0.05) is 23.9 Å². The van der Waals surface area contributed by atoms with Crippen LogP contribution in [0.4, 0.5) is 0 Å². The lowest BCUT2D eigenvalue weighted by Gasteiger charge is -2.38. The van der Waals surface area contributed by atoms with Crippen LogP contribution >= 0.6 is 0 Å². The fourth-order valence-corrected chi connectivity index (χ4v) is 1.34. The normalized spacial score (nSPS) is 20.0. The maximum atomic E-state index is 11.4. The topological polar surface area (TPSA) is 64.4 Å². The van der Waals surface area contributed by atoms with Crippen molar-refractivity contribution < 1.29 is 9.53 Å². The molecule has 1 saturated heterocycles. The second-order valence-electron chi connectivity index (χ2n) is 5.25. The van der Waals surface area contributed by atoms with E-state index >= 15 is 0 Å². The molecule has 0 radical (unpaired) electrons. The first-order valence-corrected chi connectivity index (χ1v) is 4.94. The van der Waals surface area contributed by atoms with Gasteiger partial charge in [0.15, 0.2) is 0 Å². The summed E-state index contributed by atoms with van der Waals surface area (Å²) in [5, 5.41) is 2.88. The van der Waals surface area contributed by atoms with Gasteiger partial charge in [-0.2, -0.15) is 0 Å². The van der Waals surface area contributed by atoms with Crippen molar-refractivity contribution in [2.45, 2.75) is 32.7 Å². The van der Waals surface area contributed by atoms with Gasteiger partial charge in [0.05, 0.1) is 13.2 Å². The van der Waals surface area contributed by atoms with E-state index in [1.807, 2.05) is 13.8 Å². The van der Waals surface area contributed by atoms with Gasteiger partial charge < -0.3 is 15.8 Å². The highest BCUT2D eigenvalue weighted by molar-refractivity contribution is 5.77. The molecule has 0 bridgehead atoms. The second-order valence-corrected chi connectivity index (χ2v) is 5.25. The molecule has 1 fully saturated rings. The van der Waals surface area contributed by atoms with E-state index in [4.69, 9.17) is 10.5 Å². The van der Waals surface area contributed by atoms with Crippen LogP contribution in [0.5, 0.6) is 0 Å². The van der Waals surface area contributed by atoms with Crippen molar-refractivity contribution in [3.05, 3.63) is 0 Å². The van der Waals surface area contributed by atoms with Crippen LogP contribution in [0.25, 0.3) is 0 Å². The molecule has 1 amide bonds. The molecule has 1 aliphatic rings. The van der Waals surface area contributed by atoms with Gasteiger partial charge in [-0.1, -0.05) is 6.92 Å². The molecule has 1 heterocycles. The lowest BCUT2D eigenvalue weighted by atomic mass is 9.88. The Labute approximate surface area is 85.2 Å². The molecule has 1 aliphatic heterocycles. The number of hydrogen-bond acceptors (Lipinski definition) is 3. The minimum absolute atomic E-state index is 0.0191.